The van der Waals surface area contributed by atoms with Crippen LogP contribution >= 0.6 is 0 Å². The van der Waals surface area contributed by atoms with E-state index in [0.717, 1.165) is 22.3 Å². The summed E-state index contributed by atoms with van der Waals surface area (Å²) in [6.07, 6.45) is 3.84. The molecule has 44 heavy (non-hydrogen) atoms. The number of rotatable bonds is 3. The summed E-state index contributed by atoms with van der Waals surface area (Å²) < 4.78 is 24.0. The van der Waals surface area contributed by atoms with Crippen LogP contribution in [-0.4, -0.2) is 55.6 Å². The fourth-order valence-corrected chi connectivity index (χ4v) is 5.78. The number of carbonyl (C=O) groups is 2. The maximum Gasteiger partial charge on any atom is 0.273 e. The fraction of sp³-hybridized carbons (Fsp3) is 0.286. The van der Waals surface area contributed by atoms with Gasteiger partial charge < -0.3 is 29.2 Å². The van der Waals surface area contributed by atoms with Crippen LogP contribution in [0.25, 0.3) is 0 Å². The Morgan fingerprint density at radius 2 is 1.82 bits per heavy atom. The number of aryl methyl sites for hydroxylation is 1. The number of pyridine rings is 1. The molecule has 4 aromatic rings. The molecule has 0 saturated heterocycles. The van der Waals surface area contributed by atoms with Gasteiger partial charge in [-0.3, -0.25) is 14.6 Å². The molecule has 7 rings (SSSR count). The highest BCUT2D eigenvalue weighted by Gasteiger charge is 2.35. The van der Waals surface area contributed by atoms with Crippen molar-refractivity contribution in [1.29, 1.82) is 0 Å². The molecule has 3 aliphatic heterocycles. The average Bonchev–Trinajstić information content (AvgIpc) is 3.06. The number of methoxy groups -OCH3 is 2. The van der Waals surface area contributed by atoms with Crippen molar-refractivity contribution >= 4 is 11.8 Å². The van der Waals surface area contributed by atoms with Gasteiger partial charge in [-0.05, 0) is 90.0 Å². The van der Waals surface area contributed by atoms with Crippen LogP contribution in [0, 0.1) is 0 Å². The molecule has 1 aromatic heterocycles. The molecule has 4 heterocycles. The standard InChI is InChI=1S/C35H35N3O6/c1-41-29-12-11-25-21-31(29)43-18-6-16-37-33(39)13-10-23-7-5-8-26(19-23)44-32-20-24-14-17-38(34(25)27(24)22-30(32)42-2)35(40)28-9-3-4-15-36-28/h3-5,7-9,11-12,15,19-22,34H,6,10,13-14,16-18H2,1-2H3,(H,37,39). The van der Waals surface area contributed by atoms with Crippen LogP contribution in [0.4, 0.5) is 0 Å². The second kappa shape index (κ2) is 13.1. The molecule has 1 atom stereocenters. The highest BCUT2D eigenvalue weighted by molar-refractivity contribution is 5.93. The molecule has 0 aliphatic carbocycles. The minimum atomic E-state index is -0.447. The first-order valence-corrected chi connectivity index (χ1v) is 14.8. The molecule has 0 spiro atoms. The molecular formula is C35H35N3O6. The third-order valence-electron chi connectivity index (χ3n) is 7.97. The Morgan fingerprint density at radius 1 is 0.932 bits per heavy atom. The Kier molecular flexibility index (Phi) is 8.63. The SMILES string of the molecule is COc1ccc2cc1OCCCNC(=O)CCc1cccc(c1)Oc1cc3c(cc1OC)C2N(C(=O)c1ccccn1)CC3. The molecule has 9 nitrogen and oxygen atoms in total. The van der Waals surface area contributed by atoms with E-state index in [4.69, 9.17) is 18.9 Å². The van der Waals surface area contributed by atoms with Crippen LogP contribution in [0.5, 0.6) is 28.7 Å². The molecule has 1 unspecified atom stereocenters. The minimum Gasteiger partial charge on any atom is -0.493 e. The third-order valence-corrected chi connectivity index (χ3v) is 7.97. The number of aromatic nitrogens is 1. The number of carbonyl (C=O) groups excluding carboxylic acids is 2. The molecule has 0 fully saturated rings. The zero-order valence-electron chi connectivity index (χ0n) is 24.9. The first-order chi connectivity index (χ1) is 21.5. The van der Waals surface area contributed by atoms with E-state index < -0.39 is 6.04 Å². The van der Waals surface area contributed by atoms with Gasteiger partial charge in [0, 0.05) is 25.7 Å². The molecule has 226 valence electrons. The summed E-state index contributed by atoms with van der Waals surface area (Å²) in [6.45, 7) is 1.36. The first-order valence-electron chi connectivity index (χ1n) is 14.8. The minimum absolute atomic E-state index is 0.0187. The van der Waals surface area contributed by atoms with Crippen LogP contribution in [0.15, 0.2) is 79.0 Å². The van der Waals surface area contributed by atoms with E-state index in [9.17, 15) is 9.59 Å². The maximum atomic E-state index is 13.9. The number of benzene rings is 3. The van der Waals surface area contributed by atoms with Gasteiger partial charge in [-0.1, -0.05) is 24.3 Å². The molecule has 3 aromatic carbocycles. The number of nitrogens with one attached hydrogen (secondary N) is 1. The van der Waals surface area contributed by atoms with E-state index in [2.05, 4.69) is 10.3 Å². The first kappa shape index (κ1) is 29.0. The predicted molar refractivity (Wildman–Crippen MR) is 165 cm³/mol. The Morgan fingerprint density at radius 3 is 2.64 bits per heavy atom. The molecule has 0 saturated carbocycles. The van der Waals surface area contributed by atoms with Gasteiger partial charge in [0.05, 0.1) is 26.9 Å². The zero-order valence-corrected chi connectivity index (χ0v) is 24.9. The number of hydrogen-bond acceptors (Lipinski definition) is 7. The molecule has 2 amide bonds. The van der Waals surface area contributed by atoms with E-state index in [-0.39, 0.29) is 11.8 Å². The summed E-state index contributed by atoms with van der Waals surface area (Å²) in [5, 5.41) is 2.98. The zero-order chi connectivity index (χ0) is 30.5. The Hall–Kier alpha value is -5.05. The van der Waals surface area contributed by atoms with Crippen molar-refractivity contribution in [2.24, 2.45) is 0 Å². The van der Waals surface area contributed by atoms with Crippen LogP contribution in [-0.2, 0) is 17.6 Å². The van der Waals surface area contributed by atoms with Gasteiger partial charge in [0.15, 0.2) is 23.0 Å². The molecule has 0 radical (unpaired) electrons. The summed E-state index contributed by atoms with van der Waals surface area (Å²) in [7, 11) is 3.21. The van der Waals surface area contributed by atoms with Gasteiger partial charge in [0.25, 0.3) is 5.91 Å². The van der Waals surface area contributed by atoms with Crippen molar-refractivity contribution in [3.05, 3.63) is 107 Å². The second-order valence-electron chi connectivity index (χ2n) is 10.8. The van der Waals surface area contributed by atoms with Crippen molar-refractivity contribution in [1.82, 2.24) is 15.2 Å². The molecule has 3 aliphatic rings. The monoisotopic (exact) mass is 593 g/mol. The second-order valence-corrected chi connectivity index (χ2v) is 10.8. The highest BCUT2D eigenvalue weighted by atomic mass is 16.5. The van der Waals surface area contributed by atoms with Crippen molar-refractivity contribution in [3.63, 3.8) is 0 Å². The Balaban J connectivity index is 1.47. The molecular weight excluding hydrogens is 558 g/mol. The summed E-state index contributed by atoms with van der Waals surface area (Å²) in [6, 6.07) is 22.4. The van der Waals surface area contributed by atoms with Crippen molar-refractivity contribution in [3.8, 4) is 28.7 Å². The molecule has 1 N–H and O–H groups in total. The third kappa shape index (κ3) is 6.17. The van der Waals surface area contributed by atoms with Gasteiger partial charge in [-0.2, -0.15) is 0 Å². The smallest absolute Gasteiger partial charge is 0.273 e. The van der Waals surface area contributed by atoms with E-state index in [1.54, 1.807) is 32.5 Å². The lowest BCUT2D eigenvalue weighted by atomic mass is 9.87. The topological polar surface area (TPSA) is 99.2 Å². The summed E-state index contributed by atoms with van der Waals surface area (Å²) >= 11 is 0. The van der Waals surface area contributed by atoms with Crippen molar-refractivity contribution < 1.29 is 28.5 Å². The summed E-state index contributed by atoms with van der Waals surface area (Å²) in [5.41, 5.74) is 4.23. The maximum absolute atomic E-state index is 13.9. The Labute approximate surface area is 256 Å². The van der Waals surface area contributed by atoms with Crippen LogP contribution in [0.2, 0.25) is 0 Å². The lowest BCUT2D eigenvalue weighted by molar-refractivity contribution is -0.121. The normalized spacial score (nSPS) is 16.6. The van der Waals surface area contributed by atoms with Crippen LogP contribution in [0.1, 0.15) is 51.6 Å². The number of ether oxygens (including phenoxy) is 4. The highest BCUT2D eigenvalue weighted by Crippen LogP contribution is 2.44. The van der Waals surface area contributed by atoms with E-state index in [1.165, 1.54) is 0 Å². The van der Waals surface area contributed by atoms with Gasteiger partial charge >= 0.3 is 0 Å². The largest absolute Gasteiger partial charge is 0.493 e. The predicted octanol–water partition coefficient (Wildman–Crippen LogP) is 5.51. The van der Waals surface area contributed by atoms with Gasteiger partial charge in [0.1, 0.15) is 11.4 Å². The lowest BCUT2D eigenvalue weighted by Gasteiger charge is -2.38. The number of fused-ring (bicyclic) bond motifs is 8. The van der Waals surface area contributed by atoms with E-state index in [1.807, 2.05) is 65.6 Å². The number of amides is 2. The molecule has 8 bridgehead atoms. The summed E-state index contributed by atoms with van der Waals surface area (Å²) in [5.74, 6) is 2.75. The fourth-order valence-electron chi connectivity index (χ4n) is 5.78. The molecule has 9 heteroatoms. The van der Waals surface area contributed by atoms with E-state index >= 15 is 0 Å². The van der Waals surface area contributed by atoms with Crippen LogP contribution in [0.3, 0.4) is 0 Å². The lowest BCUT2D eigenvalue weighted by Crippen LogP contribution is -2.41. The van der Waals surface area contributed by atoms with Gasteiger partial charge in [-0.25, -0.2) is 0 Å². The Bertz CT molecular complexity index is 1660. The van der Waals surface area contributed by atoms with Gasteiger partial charge in [-0.15, -0.1) is 0 Å². The number of hydrogen-bond donors (Lipinski definition) is 1. The van der Waals surface area contributed by atoms with Crippen molar-refractivity contribution in [2.45, 2.75) is 31.7 Å². The van der Waals surface area contributed by atoms with Gasteiger partial charge in [0.2, 0.25) is 5.91 Å². The van der Waals surface area contributed by atoms with E-state index in [0.29, 0.717) is 79.8 Å². The van der Waals surface area contributed by atoms with Crippen LogP contribution < -0.4 is 24.3 Å². The van der Waals surface area contributed by atoms with Crippen molar-refractivity contribution in [2.75, 3.05) is 33.9 Å². The summed E-state index contributed by atoms with van der Waals surface area (Å²) in [4.78, 5) is 32.6. The average molecular weight is 594 g/mol. The quantitative estimate of drug-likeness (QED) is 0.335. The number of nitrogens with zero attached hydrogens (tertiary/aromatic N) is 2.